The number of nitrogens with two attached hydrogens (primary N) is 2. The van der Waals surface area contributed by atoms with E-state index in [0.717, 1.165) is 11.3 Å². The quantitative estimate of drug-likeness (QED) is 0.503. The lowest BCUT2D eigenvalue weighted by Gasteiger charge is -2.26. The molecule has 0 spiro atoms. The minimum Gasteiger partial charge on any atom is -0.367 e. The summed E-state index contributed by atoms with van der Waals surface area (Å²) in [6.07, 6.45) is 4.82. The van der Waals surface area contributed by atoms with Gasteiger partial charge in [-0.2, -0.15) is 0 Å². The Hall–Kier alpha value is -3.72. The van der Waals surface area contributed by atoms with Crippen LogP contribution in [0.15, 0.2) is 60.6 Å². The Labute approximate surface area is 147 Å². The van der Waals surface area contributed by atoms with Crippen LogP contribution in [0.5, 0.6) is 0 Å². The number of hydrazine groups is 1. The van der Waals surface area contributed by atoms with E-state index in [1.807, 2.05) is 36.5 Å². The van der Waals surface area contributed by atoms with Crippen molar-refractivity contribution in [3.05, 3.63) is 66.3 Å². The summed E-state index contributed by atoms with van der Waals surface area (Å²) in [5, 5.41) is 0. The standard InChI is InChI=1S/C17H15N7O2/c18-14(25)11-8-20-23-17(11,15(19)26)13-6-7-24-9-12(21-16(24)22-13)10-4-2-1-3-5-10/h1-9,20,23H,(H2,18,25)(H2,19,26). The first kappa shape index (κ1) is 15.8. The van der Waals surface area contributed by atoms with Crippen LogP contribution < -0.4 is 22.3 Å². The van der Waals surface area contributed by atoms with Crippen molar-refractivity contribution in [1.82, 2.24) is 25.2 Å². The van der Waals surface area contributed by atoms with E-state index < -0.39 is 17.4 Å². The van der Waals surface area contributed by atoms with Gasteiger partial charge in [-0.3, -0.25) is 14.0 Å². The molecule has 2 amide bonds. The van der Waals surface area contributed by atoms with Crippen LogP contribution in [-0.4, -0.2) is 26.2 Å². The van der Waals surface area contributed by atoms with Gasteiger partial charge in [-0.05, 0) is 6.07 Å². The van der Waals surface area contributed by atoms with Gasteiger partial charge in [-0.1, -0.05) is 30.3 Å². The van der Waals surface area contributed by atoms with Crippen molar-refractivity contribution >= 4 is 17.6 Å². The monoisotopic (exact) mass is 349 g/mol. The number of nitrogens with zero attached hydrogens (tertiary/aromatic N) is 3. The van der Waals surface area contributed by atoms with E-state index in [-0.39, 0.29) is 11.3 Å². The van der Waals surface area contributed by atoms with E-state index in [4.69, 9.17) is 11.5 Å². The molecular formula is C17H15N7O2. The average molecular weight is 349 g/mol. The molecule has 0 fully saturated rings. The number of carbonyl (C=O) groups excluding carboxylic acids is 2. The number of hydrogen-bond donors (Lipinski definition) is 4. The zero-order valence-electron chi connectivity index (χ0n) is 13.5. The van der Waals surface area contributed by atoms with Crippen molar-refractivity contribution in [2.75, 3.05) is 0 Å². The van der Waals surface area contributed by atoms with E-state index in [0.29, 0.717) is 5.78 Å². The highest BCUT2D eigenvalue weighted by molar-refractivity contribution is 6.05. The Morgan fingerprint density at radius 1 is 1.08 bits per heavy atom. The van der Waals surface area contributed by atoms with Crippen molar-refractivity contribution in [3.8, 4) is 11.3 Å². The lowest BCUT2D eigenvalue weighted by molar-refractivity contribution is -0.125. The summed E-state index contributed by atoms with van der Waals surface area (Å²) in [7, 11) is 0. The lowest BCUT2D eigenvalue weighted by Crippen LogP contribution is -2.55. The molecule has 1 unspecified atom stereocenters. The zero-order chi connectivity index (χ0) is 18.3. The Balaban J connectivity index is 1.86. The molecule has 0 bridgehead atoms. The molecule has 9 nitrogen and oxygen atoms in total. The molecule has 0 saturated heterocycles. The van der Waals surface area contributed by atoms with Gasteiger partial charge < -0.3 is 16.9 Å². The molecule has 0 aliphatic carbocycles. The number of rotatable bonds is 4. The second-order valence-corrected chi connectivity index (χ2v) is 5.82. The first-order chi connectivity index (χ1) is 12.5. The highest BCUT2D eigenvalue weighted by atomic mass is 16.2. The maximum atomic E-state index is 12.2. The SMILES string of the molecule is NC(=O)C1=CNNC1(C(N)=O)c1ccn2cc(-c3ccccc3)nc2n1. The topological polar surface area (TPSA) is 140 Å². The van der Waals surface area contributed by atoms with Crippen LogP contribution >= 0.6 is 0 Å². The van der Waals surface area contributed by atoms with Gasteiger partial charge in [0.25, 0.3) is 5.91 Å². The summed E-state index contributed by atoms with van der Waals surface area (Å²) < 4.78 is 1.72. The van der Waals surface area contributed by atoms with Crippen molar-refractivity contribution in [2.24, 2.45) is 11.5 Å². The van der Waals surface area contributed by atoms with Gasteiger partial charge in [0.05, 0.1) is 17.0 Å². The Morgan fingerprint density at radius 3 is 2.54 bits per heavy atom. The third kappa shape index (κ3) is 2.22. The number of hydrogen-bond acceptors (Lipinski definition) is 6. The molecule has 3 heterocycles. The van der Waals surface area contributed by atoms with Crippen LogP contribution in [0, 0.1) is 0 Å². The molecule has 2 aromatic heterocycles. The summed E-state index contributed by atoms with van der Waals surface area (Å²) in [6.45, 7) is 0. The number of nitrogens with one attached hydrogen (secondary N) is 2. The van der Waals surface area contributed by atoms with Gasteiger partial charge in [0.2, 0.25) is 11.7 Å². The fraction of sp³-hybridized carbons (Fsp3) is 0.0588. The molecule has 1 aliphatic heterocycles. The van der Waals surface area contributed by atoms with Gasteiger partial charge >= 0.3 is 0 Å². The van der Waals surface area contributed by atoms with Crippen LogP contribution in [-0.2, 0) is 15.1 Å². The minimum atomic E-state index is -1.66. The van der Waals surface area contributed by atoms with E-state index in [1.54, 1.807) is 16.7 Å². The first-order valence-corrected chi connectivity index (χ1v) is 7.77. The molecule has 0 saturated carbocycles. The normalized spacial score (nSPS) is 19.2. The number of aromatic nitrogens is 3. The van der Waals surface area contributed by atoms with E-state index >= 15 is 0 Å². The highest BCUT2D eigenvalue weighted by Gasteiger charge is 2.49. The number of imidazole rings is 1. The minimum absolute atomic E-state index is 0.0170. The number of fused-ring (bicyclic) bond motifs is 1. The highest BCUT2D eigenvalue weighted by Crippen LogP contribution is 2.30. The fourth-order valence-electron chi connectivity index (χ4n) is 3.00. The van der Waals surface area contributed by atoms with E-state index in [9.17, 15) is 9.59 Å². The summed E-state index contributed by atoms with van der Waals surface area (Å²) in [6, 6.07) is 11.2. The molecule has 9 heteroatoms. The number of amides is 2. The van der Waals surface area contributed by atoms with Gasteiger partial charge in [0, 0.05) is 24.2 Å². The second-order valence-electron chi connectivity index (χ2n) is 5.82. The summed E-state index contributed by atoms with van der Waals surface area (Å²) >= 11 is 0. The maximum absolute atomic E-state index is 12.2. The van der Waals surface area contributed by atoms with Crippen LogP contribution in [0.2, 0.25) is 0 Å². The number of carbonyl (C=O) groups is 2. The number of benzene rings is 1. The molecule has 6 N–H and O–H groups in total. The lowest BCUT2D eigenvalue weighted by atomic mass is 9.86. The Bertz CT molecular complexity index is 1060. The van der Waals surface area contributed by atoms with Crippen LogP contribution in [0.1, 0.15) is 5.69 Å². The van der Waals surface area contributed by atoms with Crippen LogP contribution in [0.3, 0.4) is 0 Å². The van der Waals surface area contributed by atoms with Crippen molar-refractivity contribution in [3.63, 3.8) is 0 Å². The number of primary amides is 2. The largest absolute Gasteiger partial charge is 0.367 e. The smallest absolute Gasteiger partial charge is 0.250 e. The molecule has 0 radical (unpaired) electrons. The molecule has 1 aliphatic rings. The van der Waals surface area contributed by atoms with Gasteiger partial charge in [-0.25, -0.2) is 15.4 Å². The molecule has 1 aromatic carbocycles. The first-order valence-electron chi connectivity index (χ1n) is 7.77. The summed E-state index contributed by atoms with van der Waals surface area (Å²) in [5.74, 6) is -1.23. The second kappa shape index (κ2) is 5.67. The molecule has 1 atom stereocenters. The van der Waals surface area contributed by atoms with Crippen molar-refractivity contribution in [2.45, 2.75) is 5.54 Å². The van der Waals surface area contributed by atoms with E-state index in [1.165, 1.54) is 6.20 Å². The Kier molecular flexibility index (Phi) is 3.44. The maximum Gasteiger partial charge on any atom is 0.250 e. The molecule has 4 rings (SSSR count). The van der Waals surface area contributed by atoms with Crippen molar-refractivity contribution < 1.29 is 9.59 Å². The van der Waals surface area contributed by atoms with E-state index in [2.05, 4.69) is 20.8 Å². The van der Waals surface area contributed by atoms with Gasteiger partial charge in [0.1, 0.15) is 0 Å². The summed E-state index contributed by atoms with van der Waals surface area (Å²) in [4.78, 5) is 32.9. The molecule has 3 aromatic rings. The molecule has 130 valence electrons. The zero-order valence-corrected chi connectivity index (χ0v) is 13.5. The fourth-order valence-corrected chi connectivity index (χ4v) is 3.00. The third-order valence-electron chi connectivity index (χ3n) is 4.30. The predicted octanol–water partition coefficient (Wildman–Crippen LogP) is -0.446. The predicted molar refractivity (Wildman–Crippen MR) is 92.8 cm³/mol. The average Bonchev–Trinajstić information content (AvgIpc) is 3.26. The van der Waals surface area contributed by atoms with Gasteiger partial charge in [0.15, 0.2) is 5.54 Å². The molecular weight excluding hydrogens is 334 g/mol. The third-order valence-corrected chi connectivity index (χ3v) is 4.30. The van der Waals surface area contributed by atoms with Crippen molar-refractivity contribution in [1.29, 1.82) is 0 Å². The Morgan fingerprint density at radius 2 is 1.85 bits per heavy atom. The van der Waals surface area contributed by atoms with Gasteiger partial charge in [-0.15, -0.1) is 0 Å². The molecule has 26 heavy (non-hydrogen) atoms. The van der Waals surface area contributed by atoms with Crippen LogP contribution in [0.25, 0.3) is 17.0 Å². The summed E-state index contributed by atoms with van der Waals surface area (Å²) in [5.41, 5.74) is 16.5. The van der Waals surface area contributed by atoms with Crippen LogP contribution in [0.4, 0.5) is 0 Å².